The molecule has 7 heteroatoms. The molecule has 0 atom stereocenters. The molecule has 0 aliphatic carbocycles. The Kier molecular flexibility index (Phi) is 6.07. The topological polar surface area (TPSA) is 68.1 Å². The number of nitrogens with one attached hydrogen (secondary N) is 1. The van der Waals surface area contributed by atoms with Gasteiger partial charge in [0.2, 0.25) is 5.95 Å². The molecule has 1 aliphatic rings. The van der Waals surface area contributed by atoms with Crippen molar-refractivity contribution in [1.82, 2.24) is 24.6 Å². The van der Waals surface area contributed by atoms with E-state index in [-0.39, 0.29) is 5.60 Å². The first-order valence-electron chi connectivity index (χ1n) is 10.9. The highest BCUT2D eigenvalue weighted by atomic mass is 16.5. The predicted octanol–water partition coefficient (Wildman–Crippen LogP) is 4.41. The van der Waals surface area contributed by atoms with Crippen LogP contribution < -0.4 is 5.32 Å². The summed E-state index contributed by atoms with van der Waals surface area (Å²) in [7, 11) is 0. The lowest BCUT2D eigenvalue weighted by Gasteiger charge is -2.42. The smallest absolute Gasteiger partial charge is 0.227 e. The number of ether oxygens (including phenoxy) is 1. The average Bonchev–Trinajstić information content (AvgIpc) is 3.14. The van der Waals surface area contributed by atoms with Crippen molar-refractivity contribution in [3.63, 3.8) is 0 Å². The lowest BCUT2D eigenvalue weighted by Crippen LogP contribution is -2.53. The van der Waals surface area contributed by atoms with Crippen molar-refractivity contribution in [2.24, 2.45) is 0 Å². The summed E-state index contributed by atoms with van der Waals surface area (Å²) >= 11 is 0. The molecule has 0 spiro atoms. The minimum absolute atomic E-state index is 0.0734. The van der Waals surface area contributed by atoms with Crippen molar-refractivity contribution in [3.8, 4) is 11.3 Å². The maximum Gasteiger partial charge on any atom is 0.227 e. The van der Waals surface area contributed by atoms with Gasteiger partial charge in [0.05, 0.1) is 29.3 Å². The van der Waals surface area contributed by atoms with E-state index < -0.39 is 0 Å². The second-order valence-corrected chi connectivity index (χ2v) is 9.16. The third-order valence-corrected chi connectivity index (χ3v) is 5.35. The molecule has 0 radical (unpaired) electrons. The van der Waals surface area contributed by atoms with Gasteiger partial charge in [0, 0.05) is 44.1 Å². The summed E-state index contributed by atoms with van der Waals surface area (Å²) in [5, 5.41) is 7.51. The van der Waals surface area contributed by atoms with Crippen LogP contribution >= 0.6 is 0 Å². The summed E-state index contributed by atoms with van der Waals surface area (Å²) in [6.45, 7) is 14.3. The molecule has 2 aromatic heterocycles. The summed E-state index contributed by atoms with van der Waals surface area (Å²) in [5.74, 6) is 0.570. The van der Waals surface area contributed by atoms with Gasteiger partial charge in [0.15, 0.2) is 0 Å². The van der Waals surface area contributed by atoms with Crippen molar-refractivity contribution in [2.75, 3.05) is 18.4 Å². The molecule has 31 heavy (non-hydrogen) atoms. The first-order chi connectivity index (χ1) is 14.8. The molecule has 0 unspecified atom stereocenters. The Balaban J connectivity index is 1.40. The van der Waals surface area contributed by atoms with Gasteiger partial charge in [-0.3, -0.25) is 9.58 Å². The van der Waals surface area contributed by atoms with Crippen LogP contribution in [-0.4, -0.2) is 49.4 Å². The zero-order chi connectivity index (χ0) is 22.0. The van der Waals surface area contributed by atoms with E-state index >= 15 is 0 Å². The van der Waals surface area contributed by atoms with Crippen LogP contribution in [0.25, 0.3) is 11.3 Å². The van der Waals surface area contributed by atoms with Gasteiger partial charge >= 0.3 is 0 Å². The number of benzene rings is 1. The Morgan fingerprint density at radius 1 is 1.19 bits per heavy atom. The van der Waals surface area contributed by atoms with Crippen LogP contribution in [-0.2, 0) is 17.8 Å². The van der Waals surface area contributed by atoms with Gasteiger partial charge in [-0.2, -0.15) is 5.10 Å². The number of hydrogen-bond donors (Lipinski definition) is 1. The van der Waals surface area contributed by atoms with Crippen LogP contribution in [0.5, 0.6) is 0 Å². The fourth-order valence-corrected chi connectivity index (χ4v) is 3.81. The van der Waals surface area contributed by atoms with Crippen molar-refractivity contribution in [1.29, 1.82) is 0 Å². The van der Waals surface area contributed by atoms with E-state index in [1.807, 2.05) is 16.9 Å². The maximum atomic E-state index is 6.04. The molecule has 3 heterocycles. The quantitative estimate of drug-likeness (QED) is 0.611. The third kappa shape index (κ3) is 5.48. The minimum atomic E-state index is -0.0734. The van der Waals surface area contributed by atoms with Crippen molar-refractivity contribution < 1.29 is 4.74 Å². The molecule has 1 N–H and O–H groups in total. The van der Waals surface area contributed by atoms with E-state index in [9.17, 15) is 0 Å². The maximum absolute atomic E-state index is 6.04. The van der Waals surface area contributed by atoms with Gasteiger partial charge in [0.25, 0.3) is 0 Å². The van der Waals surface area contributed by atoms with E-state index in [0.717, 1.165) is 43.1 Å². The first kappa shape index (κ1) is 21.5. The third-order valence-electron chi connectivity index (χ3n) is 5.35. The Labute approximate surface area is 184 Å². The van der Waals surface area contributed by atoms with Crippen LogP contribution in [0.4, 0.5) is 11.6 Å². The highest BCUT2D eigenvalue weighted by molar-refractivity contribution is 5.63. The normalized spacial score (nSPS) is 15.1. The summed E-state index contributed by atoms with van der Waals surface area (Å²) in [5.41, 5.74) is 5.42. The number of hydrogen-bond acceptors (Lipinski definition) is 6. The Morgan fingerprint density at radius 3 is 2.68 bits per heavy atom. The fourth-order valence-electron chi connectivity index (χ4n) is 3.81. The molecule has 0 saturated carbocycles. The molecular weight excluding hydrogens is 388 g/mol. The number of anilines is 2. The molecule has 1 aliphatic heterocycles. The molecule has 0 bridgehead atoms. The number of likely N-dealkylation sites (tertiary alicyclic amines) is 1. The van der Waals surface area contributed by atoms with Crippen molar-refractivity contribution >= 4 is 11.6 Å². The van der Waals surface area contributed by atoms with Crippen molar-refractivity contribution in [3.05, 3.63) is 54.0 Å². The van der Waals surface area contributed by atoms with E-state index in [4.69, 9.17) is 9.72 Å². The Bertz CT molecular complexity index is 1030. The summed E-state index contributed by atoms with van der Waals surface area (Å²) < 4.78 is 7.91. The largest absolute Gasteiger partial charge is 0.370 e. The predicted molar refractivity (Wildman–Crippen MR) is 123 cm³/mol. The standard InChI is InChI=1S/C24H32N6O/c1-6-30-14-20(12-26-30)27-23-25-10-9-22(28-23)18-7-8-19(17(2)11-18)13-29-15-21(16-29)31-24(3,4)5/h7-12,14,21H,6,13,15-16H2,1-5H3,(H,25,27,28). The monoisotopic (exact) mass is 420 g/mol. The van der Waals surface area contributed by atoms with Crippen molar-refractivity contribution in [2.45, 2.75) is 59.4 Å². The summed E-state index contributed by atoms with van der Waals surface area (Å²) in [4.78, 5) is 11.5. The number of aryl methyl sites for hydroxylation is 2. The van der Waals surface area contributed by atoms with Gasteiger partial charge < -0.3 is 10.1 Å². The van der Waals surface area contributed by atoms with Gasteiger partial charge in [-0.1, -0.05) is 12.1 Å². The summed E-state index contributed by atoms with van der Waals surface area (Å²) in [6, 6.07) is 8.51. The Morgan fingerprint density at radius 2 is 2.00 bits per heavy atom. The van der Waals surface area contributed by atoms with Crippen LogP contribution in [0.2, 0.25) is 0 Å². The zero-order valence-electron chi connectivity index (χ0n) is 19.1. The lowest BCUT2D eigenvalue weighted by molar-refractivity contribution is -0.126. The van der Waals surface area contributed by atoms with Crippen LogP contribution in [0, 0.1) is 6.92 Å². The molecule has 1 saturated heterocycles. The highest BCUT2D eigenvalue weighted by Gasteiger charge is 2.31. The second kappa shape index (κ2) is 8.77. The fraction of sp³-hybridized carbons (Fsp3) is 0.458. The van der Waals surface area contributed by atoms with Crippen LogP contribution in [0.1, 0.15) is 38.8 Å². The molecule has 1 fully saturated rings. The van der Waals surface area contributed by atoms with E-state index in [1.54, 1.807) is 12.4 Å². The average molecular weight is 421 g/mol. The molecular formula is C24H32N6O. The first-order valence-corrected chi connectivity index (χ1v) is 10.9. The van der Waals surface area contributed by atoms with Gasteiger partial charge in [-0.15, -0.1) is 0 Å². The number of nitrogens with zero attached hydrogens (tertiary/aromatic N) is 5. The van der Waals surface area contributed by atoms with Crippen LogP contribution in [0.3, 0.4) is 0 Å². The SMILES string of the molecule is CCn1cc(Nc2nccc(-c3ccc(CN4CC(OC(C)(C)C)C4)c(C)c3)n2)cn1. The molecule has 1 aromatic carbocycles. The number of rotatable bonds is 7. The number of aromatic nitrogens is 4. The van der Waals surface area contributed by atoms with Gasteiger partial charge in [-0.05, 0) is 57.9 Å². The Hall–Kier alpha value is -2.77. The van der Waals surface area contributed by atoms with Crippen LogP contribution in [0.15, 0.2) is 42.9 Å². The van der Waals surface area contributed by atoms with E-state index in [2.05, 4.69) is 73.1 Å². The van der Waals surface area contributed by atoms with E-state index in [1.165, 1.54) is 11.1 Å². The molecule has 7 nitrogen and oxygen atoms in total. The second-order valence-electron chi connectivity index (χ2n) is 9.16. The molecule has 164 valence electrons. The highest BCUT2D eigenvalue weighted by Crippen LogP contribution is 2.25. The molecule has 0 amide bonds. The zero-order valence-corrected chi connectivity index (χ0v) is 19.1. The minimum Gasteiger partial charge on any atom is -0.370 e. The molecule has 3 aromatic rings. The van der Waals surface area contributed by atoms with Gasteiger partial charge in [-0.25, -0.2) is 9.97 Å². The lowest BCUT2D eigenvalue weighted by atomic mass is 10.0. The van der Waals surface area contributed by atoms with E-state index in [0.29, 0.717) is 12.1 Å². The van der Waals surface area contributed by atoms with Gasteiger partial charge in [0.1, 0.15) is 0 Å². The summed E-state index contributed by atoms with van der Waals surface area (Å²) in [6.07, 6.45) is 5.86. The molecule has 4 rings (SSSR count).